The second-order valence-electron chi connectivity index (χ2n) is 3.73. The molecule has 7 heteroatoms. The molecule has 2 aromatic rings. The Bertz CT molecular complexity index is 629. The van der Waals surface area contributed by atoms with Crippen LogP contribution in [0.1, 0.15) is 5.56 Å². The maximum absolute atomic E-state index is 10.6. The molecule has 0 atom stereocenters. The van der Waals surface area contributed by atoms with Crippen molar-refractivity contribution in [2.45, 2.75) is 6.92 Å². The molecular weight excluding hydrogens is 336 g/mol. The van der Waals surface area contributed by atoms with Gasteiger partial charge >= 0.3 is 0 Å². The number of aryl methyl sites for hydroxylation is 1. The zero-order chi connectivity index (χ0) is 14.0. The summed E-state index contributed by atoms with van der Waals surface area (Å²) in [6.45, 7) is 1.85. The van der Waals surface area contributed by atoms with E-state index >= 15 is 0 Å². The van der Waals surface area contributed by atoms with Crippen molar-refractivity contribution >= 4 is 33.2 Å². The van der Waals surface area contributed by atoms with Gasteiger partial charge in [0, 0.05) is 6.07 Å². The minimum atomic E-state index is -0.526. The highest BCUT2D eigenvalue weighted by Crippen LogP contribution is 2.35. The van der Waals surface area contributed by atoms with E-state index in [9.17, 15) is 10.1 Å². The molecule has 0 saturated heterocycles. The quantitative estimate of drug-likeness (QED) is 0.607. The van der Waals surface area contributed by atoms with E-state index in [4.69, 9.17) is 16.3 Å². The third kappa shape index (κ3) is 3.02. The van der Waals surface area contributed by atoms with Crippen LogP contribution in [0.15, 0.2) is 34.9 Å². The minimum absolute atomic E-state index is 0.116. The van der Waals surface area contributed by atoms with Crippen LogP contribution in [0.3, 0.4) is 0 Å². The molecule has 0 aliphatic rings. The van der Waals surface area contributed by atoms with E-state index in [-0.39, 0.29) is 11.6 Å². The fourth-order valence-corrected chi connectivity index (χ4v) is 2.11. The highest BCUT2D eigenvalue weighted by atomic mass is 79.9. The Balaban J connectivity index is 2.36. The van der Waals surface area contributed by atoms with Crippen LogP contribution in [0, 0.1) is 17.0 Å². The van der Waals surface area contributed by atoms with Crippen molar-refractivity contribution in [1.82, 2.24) is 4.98 Å². The van der Waals surface area contributed by atoms with Crippen LogP contribution in [0.4, 0.5) is 5.69 Å². The molecule has 5 nitrogen and oxygen atoms in total. The maximum Gasteiger partial charge on any atom is 0.288 e. The van der Waals surface area contributed by atoms with Gasteiger partial charge in [-0.05, 0) is 34.5 Å². The van der Waals surface area contributed by atoms with Gasteiger partial charge < -0.3 is 4.74 Å². The average molecular weight is 344 g/mol. The number of hydrogen-bond acceptors (Lipinski definition) is 4. The zero-order valence-electron chi connectivity index (χ0n) is 9.76. The van der Waals surface area contributed by atoms with Crippen LogP contribution >= 0.6 is 27.5 Å². The number of hydrogen-bond donors (Lipinski definition) is 0. The average Bonchev–Trinajstić information content (AvgIpc) is 2.35. The number of halogens is 2. The lowest BCUT2D eigenvalue weighted by Gasteiger charge is -2.10. The number of rotatable bonds is 3. The monoisotopic (exact) mass is 342 g/mol. The lowest BCUT2D eigenvalue weighted by atomic mass is 10.2. The predicted molar refractivity (Wildman–Crippen MR) is 74.9 cm³/mol. The van der Waals surface area contributed by atoms with E-state index in [1.807, 2.05) is 19.1 Å². The van der Waals surface area contributed by atoms with Crippen LogP contribution in [0.2, 0.25) is 5.02 Å². The van der Waals surface area contributed by atoms with Gasteiger partial charge in [-0.2, -0.15) is 0 Å². The Morgan fingerprint density at radius 3 is 2.79 bits per heavy atom. The van der Waals surface area contributed by atoms with Crippen LogP contribution in [-0.4, -0.2) is 9.91 Å². The smallest absolute Gasteiger partial charge is 0.288 e. The van der Waals surface area contributed by atoms with Crippen LogP contribution in [0.5, 0.6) is 11.6 Å². The van der Waals surface area contributed by atoms with Crippen LogP contribution < -0.4 is 4.74 Å². The summed E-state index contributed by atoms with van der Waals surface area (Å²) >= 11 is 9.22. The first kappa shape index (κ1) is 13.8. The van der Waals surface area contributed by atoms with Crippen molar-refractivity contribution in [1.29, 1.82) is 0 Å². The van der Waals surface area contributed by atoms with Gasteiger partial charge in [0.1, 0.15) is 6.20 Å². The normalized spacial score (nSPS) is 10.3. The molecule has 0 unspecified atom stereocenters. The molecule has 0 radical (unpaired) electrons. The van der Waals surface area contributed by atoms with Gasteiger partial charge in [0.05, 0.1) is 14.4 Å². The summed E-state index contributed by atoms with van der Waals surface area (Å²) in [6.07, 6.45) is 1.13. The first-order valence-electron chi connectivity index (χ1n) is 5.22. The molecule has 1 heterocycles. The second-order valence-corrected chi connectivity index (χ2v) is 4.99. The molecule has 0 aliphatic carbocycles. The largest absolute Gasteiger partial charge is 0.436 e. The third-order valence-electron chi connectivity index (χ3n) is 2.37. The summed E-state index contributed by atoms with van der Waals surface area (Å²) in [4.78, 5) is 14.0. The maximum atomic E-state index is 10.6. The van der Waals surface area contributed by atoms with E-state index in [1.165, 1.54) is 6.07 Å². The van der Waals surface area contributed by atoms with Gasteiger partial charge in [0.2, 0.25) is 5.88 Å². The molecule has 0 bridgehead atoms. The molecule has 0 aliphatic heterocycles. The molecule has 0 amide bonds. The second kappa shape index (κ2) is 5.54. The summed E-state index contributed by atoms with van der Waals surface area (Å²) in [5, 5.41) is 11.1. The Morgan fingerprint density at radius 1 is 1.47 bits per heavy atom. The Labute approximate surface area is 122 Å². The molecule has 0 saturated carbocycles. The lowest BCUT2D eigenvalue weighted by Crippen LogP contribution is -1.95. The zero-order valence-corrected chi connectivity index (χ0v) is 12.1. The Kier molecular flexibility index (Phi) is 4.01. The fraction of sp³-hybridized carbons (Fsp3) is 0.0833. The first-order chi connectivity index (χ1) is 8.99. The third-order valence-corrected chi connectivity index (χ3v) is 3.23. The molecule has 2 rings (SSSR count). The summed E-state index contributed by atoms with van der Waals surface area (Å²) < 4.78 is 5.98. The molecule has 19 heavy (non-hydrogen) atoms. The van der Waals surface area contributed by atoms with Gasteiger partial charge in [0.15, 0.2) is 5.75 Å². The first-order valence-corrected chi connectivity index (χ1v) is 6.39. The number of nitrogens with zero attached hydrogens (tertiary/aromatic N) is 2. The Morgan fingerprint density at radius 2 is 2.21 bits per heavy atom. The number of aromatic nitrogens is 1. The molecule has 0 N–H and O–H groups in total. The van der Waals surface area contributed by atoms with E-state index < -0.39 is 4.92 Å². The van der Waals surface area contributed by atoms with Gasteiger partial charge in [-0.25, -0.2) is 4.98 Å². The van der Waals surface area contributed by atoms with Crippen LogP contribution in [0.25, 0.3) is 0 Å². The predicted octanol–water partition coefficient (Wildman–Crippen LogP) is 4.51. The SMILES string of the molecule is Cc1cccc(Cl)c1Oc1ncc([N+](=O)[O-])cc1Br. The summed E-state index contributed by atoms with van der Waals surface area (Å²) in [7, 11) is 0. The summed E-state index contributed by atoms with van der Waals surface area (Å²) in [5.74, 6) is 0.702. The van der Waals surface area contributed by atoms with Gasteiger partial charge in [-0.3, -0.25) is 10.1 Å². The van der Waals surface area contributed by atoms with Crippen molar-refractivity contribution in [3.05, 3.63) is 55.6 Å². The molecule has 0 fully saturated rings. The van der Waals surface area contributed by atoms with Crippen molar-refractivity contribution < 1.29 is 9.66 Å². The van der Waals surface area contributed by atoms with E-state index in [2.05, 4.69) is 20.9 Å². The van der Waals surface area contributed by atoms with E-state index in [0.29, 0.717) is 15.2 Å². The standard InChI is InChI=1S/C12H8BrClN2O3/c1-7-3-2-4-10(14)11(7)19-12-9(13)5-8(6-15-12)16(17)18/h2-6H,1H3. The van der Waals surface area contributed by atoms with E-state index in [1.54, 1.807) is 6.07 Å². The molecule has 1 aromatic heterocycles. The lowest BCUT2D eigenvalue weighted by molar-refractivity contribution is -0.385. The molecular formula is C12H8BrClN2O3. The van der Waals surface area contributed by atoms with Crippen molar-refractivity contribution in [2.75, 3.05) is 0 Å². The molecule has 1 aromatic carbocycles. The molecule has 98 valence electrons. The number of nitro groups is 1. The number of para-hydroxylation sites is 1. The van der Waals surface area contributed by atoms with E-state index in [0.717, 1.165) is 11.8 Å². The highest BCUT2D eigenvalue weighted by molar-refractivity contribution is 9.10. The number of benzene rings is 1. The summed E-state index contributed by atoms with van der Waals surface area (Å²) in [5.41, 5.74) is 0.731. The van der Waals surface area contributed by atoms with Crippen molar-refractivity contribution in [2.24, 2.45) is 0 Å². The van der Waals surface area contributed by atoms with Crippen molar-refractivity contribution in [3.8, 4) is 11.6 Å². The fourth-order valence-electron chi connectivity index (χ4n) is 1.43. The van der Waals surface area contributed by atoms with Crippen LogP contribution in [-0.2, 0) is 0 Å². The number of pyridine rings is 1. The topological polar surface area (TPSA) is 65.3 Å². The summed E-state index contributed by atoms with van der Waals surface area (Å²) in [6, 6.07) is 6.68. The minimum Gasteiger partial charge on any atom is -0.436 e. The van der Waals surface area contributed by atoms with Crippen molar-refractivity contribution in [3.63, 3.8) is 0 Å². The Hall–Kier alpha value is -1.66. The number of ether oxygens (including phenoxy) is 1. The van der Waals surface area contributed by atoms with Gasteiger partial charge in [-0.15, -0.1) is 0 Å². The van der Waals surface area contributed by atoms with Gasteiger partial charge in [0.25, 0.3) is 5.69 Å². The van der Waals surface area contributed by atoms with Gasteiger partial charge in [-0.1, -0.05) is 23.7 Å². The molecule has 0 spiro atoms. The highest BCUT2D eigenvalue weighted by Gasteiger charge is 2.14.